The molecule has 6 heteroatoms. The summed E-state index contributed by atoms with van der Waals surface area (Å²) < 4.78 is 24.4. The maximum Gasteiger partial charge on any atom is 0.209 e. The fraction of sp³-hybridized carbons (Fsp3) is 0.308. The van der Waals surface area contributed by atoms with Crippen molar-refractivity contribution in [2.45, 2.75) is 19.9 Å². The molecule has 0 amide bonds. The van der Waals surface area contributed by atoms with Gasteiger partial charge in [-0.15, -0.1) is 11.3 Å². The average Bonchev–Trinajstić information content (AvgIpc) is 2.77. The van der Waals surface area contributed by atoms with Gasteiger partial charge in [-0.3, -0.25) is 0 Å². The van der Waals surface area contributed by atoms with E-state index in [1.165, 1.54) is 22.5 Å². The number of nitrogens with one attached hydrogen (secondary N) is 1. The minimum Gasteiger partial charge on any atom is -0.248 e. The molecule has 4 nitrogen and oxygen atoms in total. The van der Waals surface area contributed by atoms with Crippen LogP contribution in [0.1, 0.15) is 21.0 Å². The fourth-order valence-electron chi connectivity index (χ4n) is 1.61. The molecule has 1 aromatic heterocycles. The quantitative estimate of drug-likeness (QED) is 0.919. The van der Waals surface area contributed by atoms with Crippen molar-refractivity contribution in [2.24, 2.45) is 0 Å². The standard InChI is InChI=1S/C13H16N2O2S2/c1-10-3-5-11(6-4-10)7-12-8-14-13(18-12)9-15-19(2,16)17/h3-6,8,15H,7,9H2,1-2H3. The Morgan fingerprint density at radius 3 is 2.58 bits per heavy atom. The zero-order valence-corrected chi connectivity index (χ0v) is 12.5. The molecule has 19 heavy (non-hydrogen) atoms. The lowest BCUT2D eigenvalue weighted by Crippen LogP contribution is -2.20. The highest BCUT2D eigenvalue weighted by Gasteiger charge is 2.06. The van der Waals surface area contributed by atoms with E-state index < -0.39 is 10.0 Å². The van der Waals surface area contributed by atoms with Crippen molar-refractivity contribution in [2.75, 3.05) is 6.26 Å². The van der Waals surface area contributed by atoms with E-state index >= 15 is 0 Å². The Morgan fingerprint density at radius 1 is 1.26 bits per heavy atom. The molecule has 1 heterocycles. The van der Waals surface area contributed by atoms with Crippen molar-refractivity contribution in [3.63, 3.8) is 0 Å². The molecule has 0 aliphatic heterocycles. The third-order valence-corrected chi connectivity index (χ3v) is 4.25. The van der Waals surface area contributed by atoms with E-state index in [1.54, 1.807) is 0 Å². The van der Waals surface area contributed by atoms with Gasteiger partial charge >= 0.3 is 0 Å². The van der Waals surface area contributed by atoms with Crippen LogP contribution >= 0.6 is 11.3 Å². The summed E-state index contributed by atoms with van der Waals surface area (Å²) in [5.41, 5.74) is 2.47. The molecular weight excluding hydrogens is 280 g/mol. The molecule has 102 valence electrons. The number of hydrogen-bond acceptors (Lipinski definition) is 4. The Labute approximate surface area is 117 Å². The number of aromatic nitrogens is 1. The number of nitrogens with zero attached hydrogens (tertiary/aromatic N) is 1. The number of thiazole rings is 1. The average molecular weight is 296 g/mol. The van der Waals surface area contributed by atoms with Gasteiger partial charge in [0.05, 0.1) is 12.8 Å². The van der Waals surface area contributed by atoms with Gasteiger partial charge in [0.2, 0.25) is 10.0 Å². The lowest BCUT2D eigenvalue weighted by Gasteiger charge is -1.99. The SMILES string of the molecule is Cc1ccc(Cc2cnc(CNS(C)(=O)=O)s2)cc1. The summed E-state index contributed by atoms with van der Waals surface area (Å²) in [6.07, 6.45) is 3.79. The first-order chi connectivity index (χ1) is 8.92. The molecule has 2 aromatic rings. The Kier molecular flexibility index (Phi) is 4.34. The van der Waals surface area contributed by atoms with Gasteiger partial charge in [-0.25, -0.2) is 18.1 Å². The second-order valence-electron chi connectivity index (χ2n) is 4.48. The van der Waals surface area contributed by atoms with Crippen LogP contribution < -0.4 is 4.72 Å². The second-order valence-corrected chi connectivity index (χ2v) is 7.51. The van der Waals surface area contributed by atoms with Crippen LogP contribution in [0, 0.1) is 6.92 Å². The first kappa shape index (κ1) is 14.2. The number of benzene rings is 1. The van der Waals surface area contributed by atoms with Gasteiger partial charge in [-0.1, -0.05) is 29.8 Å². The molecule has 1 aromatic carbocycles. The maximum atomic E-state index is 11.0. The smallest absolute Gasteiger partial charge is 0.209 e. The normalized spacial score (nSPS) is 11.7. The molecule has 0 spiro atoms. The third kappa shape index (κ3) is 4.74. The minimum atomic E-state index is -3.16. The van der Waals surface area contributed by atoms with Crippen LogP contribution in [0.2, 0.25) is 0 Å². The van der Waals surface area contributed by atoms with E-state index in [0.717, 1.165) is 22.6 Å². The lowest BCUT2D eigenvalue weighted by atomic mass is 10.1. The topological polar surface area (TPSA) is 59.1 Å². The molecule has 2 rings (SSSR count). The highest BCUT2D eigenvalue weighted by Crippen LogP contribution is 2.17. The van der Waals surface area contributed by atoms with Gasteiger partial charge in [-0.05, 0) is 12.5 Å². The highest BCUT2D eigenvalue weighted by molar-refractivity contribution is 7.88. The predicted molar refractivity (Wildman–Crippen MR) is 77.8 cm³/mol. The summed E-state index contributed by atoms with van der Waals surface area (Å²) in [7, 11) is -3.16. The summed E-state index contributed by atoms with van der Waals surface area (Å²) >= 11 is 1.53. The van der Waals surface area contributed by atoms with Crippen LogP contribution in [-0.4, -0.2) is 19.7 Å². The van der Waals surface area contributed by atoms with Crippen molar-refractivity contribution in [3.05, 3.63) is 51.5 Å². The minimum absolute atomic E-state index is 0.261. The Balaban J connectivity index is 1.99. The summed E-state index contributed by atoms with van der Waals surface area (Å²) in [4.78, 5) is 5.36. The van der Waals surface area contributed by atoms with Gasteiger partial charge in [0.15, 0.2) is 0 Å². The molecule has 0 atom stereocenters. The zero-order valence-electron chi connectivity index (χ0n) is 10.9. The molecule has 0 fully saturated rings. The summed E-state index contributed by atoms with van der Waals surface area (Å²) in [5.74, 6) is 0. The Bertz CT molecular complexity index is 646. The fourth-order valence-corrected chi connectivity index (χ4v) is 3.00. The van der Waals surface area contributed by atoms with Crippen molar-refractivity contribution >= 4 is 21.4 Å². The number of sulfonamides is 1. The first-order valence-electron chi connectivity index (χ1n) is 5.86. The number of aryl methyl sites for hydroxylation is 1. The molecule has 0 saturated heterocycles. The van der Waals surface area contributed by atoms with Crippen molar-refractivity contribution in [3.8, 4) is 0 Å². The highest BCUT2D eigenvalue weighted by atomic mass is 32.2. The van der Waals surface area contributed by atoms with Crippen LogP contribution in [0.5, 0.6) is 0 Å². The largest absolute Gasteiger partial charge is 0.248 e. The Hall–Kier alpha value is -1.24. The summed E-state index contributed by atoms with van der Waals surface area (Å²) in [6, 6.07) is 8.37. The Morgan fingerprint density at radius 2 is 1.95 bits per heavy atom. The van der Waals surface area contributed by atoms with Gasteiger partial charge in [0.25, 0.3) is 0 Å². The van der Waals surface area contributed by atoms with Gasteiger partial charge in [0, 0.05) is 17.5 Å². The van der Waals surface area contributed by atoms with E-state index in [4.69, 9.17) is 0 Å². The van der Waals surface area contributed by atoms with Crippen molar-refractivity contribution in [1.29, 1.82) is 0 Å². The monoisotopic (exact) mass is 296 g/mol. The van der Waals surface area contributed by atoms with Gasteiger partial charge in [0.1, 0.15) is 5.01 Å². The first-order valence-corrected chi connectivity index (χ1v) is 8.57. The molecule has 1 N–H and O–H groups in total. The van der Waals surface area contributed by atoms with E-state index in [1.807, 2.05) is 6.20 Å². The molecule has 0 saturated carbocycles. The predicted octanol–water partition coefficient (Wildman–Crippen LogP) is 2.09. The van der Waals surface area contributed by atoms with E-state index in [9.17, 15) is 8.42 Å². The van der Waals surface area contributed by atoms with Gasteiger partial charge < -0.3 is 0 Å². The molecule has 0 aliphatic carbocycles. The van der Waals surface area contributed by atoms with E-state index in [-0.39, 0.29) is 6.54 Å². The third-order valence-electron chi connectivity index (χ3n) is 2.59. The summed E-state index contributed by atoms with van der Waals surface area (Å²) in [5, 5.41) is 0.785. The number of hydrogen-bond donors (Lipinski definition) is 1. The second kappa shape index (κ2) is 5.81. The zero-order chi connectivity index (χ0) is 13.9. The van der Waals surface area contributed by atoms with Crippen LogP contribution in [0.15, 0.2) is 30.5 Å². The van der Waals surface area contributed by atoms with Crippen LogP contribution in [-0.2, 0) is 23.0 Å². The van der Waals surface area contributed by atoms with E-state index in [2.05, 4.69) is 40.9 Å². The molecule has 0 aliphatic rings. The number of rotatable bonds is 5. The summed E-state index contributed by atoms with van der Waals surface area (Å²) in [6.45, 7) is 2.32. The molecule has 0 radical (unpaired) electrons. The molecular formula is C13H16N2O2S2. The van der Waals surface area contributed by atoms with Crippen molar-refractivity contribution < 1.29 is 8.42 Å². The molecule has 0 bridgehead atoms. The van der Waals surface area contributed by atoms with E-state index in [0.29, 0.717) is 0 Å². The van der Waals surface area contributed by atoms with Crippen LogP contribution in [0.3, 0.4) is 0 Å². The van der Waals surface area contributed by atoms with Crippen LogP contribution in [0.4, 0.5) is 0 Å². The molecule has 0 unspecified atom stereocenters. The van der Waals surface area contributed by atoms with Crippen LogP contribution in [0.25, 0.3) is 0 Å². The van der Waals surface area contributed by atoms with Crippen molar-refractivity contribution in [1.82, 2.24) is 9.71 Å². The van der Waals surface area contributed by atoms with Gasteiger partial charge in [-0.2, -0.15) is 0 Å². The lowest BCUT2D eigenvalue weighted by molar-refractivity contribution is 0.587. The maximum absolute atomic E-state index is 11.0.